The van der Waals surface area contributed by atoms with Crippen LogP contribution in [-0.2, 0) is 4.79 Å². The number of nitrogens with zero attached hydrogens (tertiary/aromatic N) is 1. The minimum atomic E-state index is -0.178. The van der Waals surface area contributed by atoms with Gasteiger partial charge in [-0.3, -0.25) is 4.79 Å². The van der Waals surface area contributed by atoms with E-state index in [0.717, 1.165) is 5.56 Å². The number of carbonyl (C=O) groups excluding carboxylic acids is 1. The van der Waals surface area contributed by atoms with E-state index in [1.165, 1.54) is 0 Å². The van der Waals surface area contributed by atoms with Gasteiger partial charge in [0.15, 0.2) is 0 Å². The fourth-order valence-electron chi connectivity index (χ4n) is 1.56. The van der Waals surface area contributed by atoms with Crippen molar-refractivity contribution in [3.8, 4) is 0 Å². The van der Waals surface area contributed by atoms with E-state index in [9.17, 15) is 4.79 Å². The third-order valence-electron chi connectivity index (χ3n) is 3.26. The molecule has 0 bridgehead atoms. The van der Waals surface area contributed by atoms with Crippen LogP contribution in [0.4, 0.5) is 5.69 Å². The summed E-state index contributed by atoms with van der Waals surface area (Å²) in [7, 11) is 4.00. The van der Waals surface area contributed by atoms with E-state index < -0.39 is 0 Å². The Kier molecular flexibility index (Phi) is 5.16. The predicted octanol–water partition coefficient (Wildman–Crippen LogP) is 1.44. The lowest BCUT2D eigenvalue weighted by Crippen LogP contribution is -2.39. The number of nitrogen functional groups attached to an aromatic ring is 1. The lowest BCUT2D eigenvalue weighted by Gasteiger charge is -2.21. The predicted molar refractivity (Wildman–Crippen MR) is 75.4 cm³/mol. The van der Waals surface area contributed by atoms with Crippen molar-refractivity contribution in [3.63, 3.8) is 0 Å². The molecular weight excluding hydrogens is 226 g/mol. The topological polar surface area (TPSA) is 58.4 Å². The number of nitrogens with one attached hydrogen (secondary N) is 1. The molecule has 1 rings (SSSR count). The first-order chi connectivity index (χ1) is 8.41. The second-order valence-corrected chi connectivity index (χ2v) is 4.95. The smallest absolute Gasteiger partial charge is 0.227 e. The summed E-state index contributed by atoms with van der Waals surface area (Å²) in [4.78, 5) is 14.1. The van der Waals surface area contributed by atoms with Gasteiger partial charge in [-0.2, -0.15) is 0 Å². The van der Waals surface area contributed by atoms with Crippen molar-refractivity contribution in [3.05, 3.63) is 29.8 Å². The summed E-state index contributed by atoms with van der Waals surface area (Å²) in [6.07, 6.45) is 0. The molecule has 0 aliphatic rings. The number of anilines is 1. The Balaban J connectivity index is 2.57. The third-order valence-corrected chi connectivity index (χ3v) is 3.26. The Morgan fingerprint density at radius 1 is 1.39 bits per heavy atom. The Bertz CT molecular complexity index is 404. The van der Waals surface area contributed by atoms with E-state index in [1.807, 2.05) is 45.3 Å². The molecule has 0 aliphatic carbocycles. The van der Waals surface area contributed by atoms with Crippen LogP contribution in [0.3, 0.4) is 0 Å². The fraction of sp³-hybridized carbons (Fsp3) is 0.500. The van der Waals surface area contributed by atoms with Crippen LogP contribution in [-0.4, -0.2) is 37.5 Å². The zero-order chi connectivity index (χ0) is 13.7. The maximum Gasteiger partial charge on any atom is 0.227 e. The first kappa shape index (κ1) is 14.5. The maximum absolute atomic E-state index is 12.0. The number of amides is 1. The van der Waals surface area contributed by atoms with Crippen LogP contribution in [0.5, 0.6) is 0 Å². The standard InChI is InChI=1S/C14H23N3O/c1-10(17(3)4)9-16-14(18)11(2)12-6-5-7-13(15)8-12/h5-8,10-11H,9,15H2,1-4H3,(H,16,18). The zero-order valence-electron chi connectivity index (χ0n) is 11.6. The molecule has 100 valence electrons. The number of hydrogen-bond acceptors (Lipinski definition) is 3. The van der Waals surface area contributed by atoms with Crippen LogP contribution in [0.1, 0.15) is 25.3 Å². The van der Waals surface area contributed by atoms with E-state index in [4.69, 9.17) is 5.73 Å². The molecule has 2 atom stereocenters. The van der Waals surface area contributed by atoms with Gasteiger partial charge >= 0.3 is 0 Å². The Labute approximate surface area is 109 Å². The van der Waals surface area contributed by atoms with Gasteiger partial charge in [-0.05, 0) is 45.6 Å². The van der Waals surface area contributed by atoms with Gasteiger partial charge in [0.25, 0.3) is 0 Å². The molecule has 1 aromatic rings. The number of nitrogens with two attached hydrogens (primary N) is 1. The zero-order valence-corrected chi connectivity index (χ0v) is 11.6. The van der Waals surface area contributed by atoms with E-state index >= 15 is 0 Å². The molecule has 18 heavy (non-hydrogen) atoms. The van der Waals surface area contributed by atoms with Crippen molar-refractivity contribution in [1.29, 1.82) is 0 Å². The molecule has 3 N–H and O–H groups in total. The van der Waals surface area contributed by atoms with Gasteiger partial charge in [-0.15, -0.1) is 0 Å². The molecule has 0 heterocycles. The van der Waals surface area contributed by atoms with Crippen molar-refractivity contribution in [2.45, 2.75) is 25.8 Å². The molecule has 0 fully saturated rings. The highest BCUT2D eigenvalue weighted by atomic mass is 16.1. The molecule has 0 radical (unpaired) electrons. The molecule has 0 saturated carbocycles. The van der Waals surface area contributed by atoms with Crippen LogP contribution in [0.2, 0.25) is 0 Å². The van der Waals surface area contributed by atoms with Crippen LogP contribution < -0.4 is 11.1 Å². The average Bonchev–Trinajstić information content (AvgIpc) is 2.34. The van der Waals surface area contributed by atoms with Crippen molar-refractivity contribution >= 4 is 11.6 Å². The summed E-state index contributed by atoms with van der Waals surface area (Å²) in [5.41, 5.74) is 7.36. The lowest BCUT2D eigenvalue weighted by molar-refractivity contribution is -0.122. The number of benzene rings is 1. The highest BCUT2D eigenvalue weighted by Crippen LogP contribution is 2.17. The average molecular weight is 249 g/mol. The van der Waals surface area contributed by atoms with E-state index in [2.05, 4.69) is 17.1 Å². The minimum absolute atomic E-state index is 0.0364. The molecule has 0 aromatic heterocycles. The SMILES string of the molecule is CC(C(=O)NCC(C)N(C)C)c1cccc(N)c1. The summed E-state index contributed by atoms with van der Waals surface area (Å²) >= 11 is 0. The largest absolute Gasteiger partial charge is 0.399 e. The quantitative estimate of drug-likeness (QED) is 0.776. The summed E-state index contributed by atoms with van der Waals surface area (Å²) in [5, 5.41) is 2.96. The van der Waals surface area contributed by atoms with E-state index in [-0.39, 0.29) is 11.8 Å². The monoisotopic (exact) mass is 249 g/mol. The Hall–Kier alpha value is -1.55. The number of rotatable bonds is 5. The first-order valence-corrected chi connectivity index (χ1v) is 6.21. The van der Waals surface area contributed by atoms with Crippen molar-refractivity contribution in [2.24, 2.45) is 0 Å². The maximum atomic E-state index is 12.0. The Morgan fingerprint density at radius 3 is 2.61 bits per heavy atom. The van der Waals surface area contributed by atoms with Gasteiger partial charge in [-0.1, -0.05) is 12.1 Å². The first-order valence-electron chi connectivity index (χ1n) is 6.21. The highest BCUT2D eigenvalue weighted by Gasteiger charge is 2.16. The third kappa shape index (κ3) is 4.04. The number of carbonyl (C=O) groups is 1. The van der Waals surface area contributed by atoms with Gasteiger partial charge in [0, 0.05) is 18.3 Å². The van der Waals surface area contributed by atoms with E-state index in [0.29, 0.717) is 18.3 Å². The molecule has 0 saturated heterocycles. The van der Waals surface area contributed by atoms with Crippen molar-refractivity contribution < 1.29 is 4.79 Å². The molecule has 1 aromatic carbocycles. The summed E-state index contributed by atoms with van der Waals surface area (Å²) in [6, 6.07) is 7.79. The Morgan fingerprint density at radius 2 is 2.06 bits per heavy atom. The molecule has 1 amide bonds. The highest BCUT2D eigenvalue weighted by molar-refractivity contribution is 5.83. The molecule has 4 heteroatoms. The van der Waals surface area contributed by atoms with Gasteiger partial charge in [0.1, 0.15) is 0 Å². The normalized spacial score (nSPS) is 14.3. The number of likely N-dealkylation sites (N-methyl/N-ethyl adjacent to an activating group) is 1. The van der Waals surface area contributed by atoms with Gasteiger partial charge in [0.2, 0.25) is 5.91 Å². The van der Waals surface area contributed by atoms with Crippen LogP contribution in [0, 0.1) is 0 Å². The number of hydrogen-bond donors (Lipinski definition) is 2. The van der Waals surface area contributed by atoms with Crippen molar-refractivity contribution in [1.82, 2.24) is 10.2 Å². The summed E-state index contributed by atoms with van der Waals surface area (Å²) in [5.74, 6) is -0.142. The van der Waals surface area contributed by atoms with Crippen LogP contribution in [0.25, 0.3) is 0 Å². The molecule has 0 spiro atoms. The summed E-state index contributed by atoms with van der Waals surface area (Å²) in [6.45, 7) is 4.62. The minimum Gasteiger partial charge on any atom is -0.399 e. The second kappa shape index (κ2) is 6.40. The van der Waals surface area contributed by atoms with E-state index in [1.54, 1.807) is 0 Å². The van der Waals surface area contributed by atoms with Gasteiger partial charge < -0.3 is 16.0 Å². The summed E-state index contributed by atoms with van der Waals surface area (Å²) < 4.78 is 0. The molecule has 0 aliphatic heterocycles. The fourth-order valence-corrected chi connectivity index (χ4v) is 1.56. The van der Waals surface area contributed by atoms with Gasteiger partial charge in [-0.25, -0.2) is 0 Å². The second-order valence-electron chi connectivity index (χ2n) is 4.95. The van der Waals surface area contributed by atoms with Crippen LogP contribution in [0.15, 0.2) is 24.3 Å². The van der Waals surface area contributed by atoms with Gasteiger partial charge in [0.05, 0.1) is 5.92 Å². The van der Waals surface area contributed by atoms with Crippen molar-refractivity contribution in [2.75, 3.05) is 26.4 Å². The lowest BCUT2D eigenvalue weighted by atomic mass is 10.00. The molecule has 4 nitrogen and oxygen atoms in total. The molecule has 2 unspecified atom stereocenters. The van der Waals surface area contributed by atoms with Crippen LogP contribution >= 0.6 is 0 Å². The molecular formula is C14H23N3O.